The minimum Gasteiger partial charge on any atom is -0.463 e. The Kier molecular flexibility index (Phi) is 4.42. The first-order chi connectivity index (χ1) is 13.1. The fourth-order valence-electron chi connectivity index (χ4n) is 2.93. The minimum absolute atomic E-state index is 0.0742. The van der Waals surface area contributed by atoms with Crippen LogP contribution in [-0.4, -0.2) is 15.5 Å². The molecule has 3 heterocycles. The van der Waals surface area contributed by atoms with Gasteiger partial charge in [-0.1, -0.05) is 12.1 Å². The van der Waals surface area contributed by atoms with Crippen molar-refractivity contribution in [3.63, 3.8) is 0 Å². The van der Waals surface area contributed by atoms with E-state index >= 15 is 0 Å². The van der Waals surface area contributed by atoms with Crippen molar-refractivity contribution >= 4 is 17.0 Å². The summed E-state index contributed by atoms with van der Waals surface area (Å²) in [6, 6.07) is 10.3. The topological polar surface area (TPSA) is 60.1 Å². The van der Waals surface area contributed by atoms with Crippen molar-refractivity contribution in [1.29, 1.82) is 0 Å². The highest BCUT2D eigenvalue weighted by Crippen LogP contribution is 2.23. The molecule has 4 rings (SSSR count). The third-order valence-electron chi connectivity index (χ3n) is 4.27. The van der Waals surface area contributed by atoms with E-state index in [9.17, 15) is 13.6 Å². The maximum Gasteiger partial charge on any atom is 0.268 e. The molecule has 0 spiro atoms. The van der Waals surface area contributed by atoms with Crippen LogP contribution in [0.2, 0.25) is 0 Å². The monoisotopic (exact) mass is 367 g/mol. The Morgan fingerprint density at radius 2 is 2.07 bits per heavy atom. The third-order valence-corrected chi connectivity index (χ3v) is 4.27. The van der Waals surface area contributed by atoms with Gasteiger partial charge in [-0.25, -0.2) is 8.78 Å². The zero-order valence-electron chi connectivity index (χ0n) is 14.2. The van der Waals surface area contributed by atoms with Crippen molar-refractivity contribution in [3.05, 3.63) is 89.6 Å². The van der Waals surface area contributed by atoms with E-state index in [-0.39, 0.29) is 18.0 Å². The standard InChI is InChI=1S/C20H15F2N3O2/c21-15-4-3-14(16(22)8-15)12-25-17-5-7-27-19(17)9-18(25)20(26)24-11-13-2-1-6-23-10-13/h1-10H,11-12H2,(H,24,26). The molecule has 0 radical (unpaired) electrons. The first-order valence-corrected chi connectivity index (χ1v) is 8.29. The Morgan fingerprint density at radius 3 is 2.85 bits per heavy atom. The van der Waals surface area contributed by atoms with Gasteiger partial charge < -0.3 is 14.3 Å². The van der Waals surface area contributed by atoms with Crippen LogP contribution in [0.3, 0.4) is 0 Å². The van der Waals surface area contributed by atoms with Gasteiger partial charge in [-0.05, 0) is 17.7 Å². The van der Waals surface area contributed by atoms with E-state index in [0.717, 1.165) is 11.6 Å². The number of pyridine rings is 1. The number of amides is 1. The molecule has 0 fully saturated rings. The van der Waals surface area contributed by atoms with E-state index in [0.29, 0.717) is 23.3 Å². The lowest BCUT2D eigenvalue weighted by molar-refractivity contribution is 0.0942. The van der Waals surface area contributed by atoms with Crippen molar-refractivity contribution < 1.29 is 18.0 Å². The van der Waals surface area contributed by atoms with Crippen molar-refractivity contribution in [1.82, 2.24) is 14.9 Å². The van der Waals surface area contributed by atoms with Gasteiger partial charge >= 0.3 is 0 Å². The number of rotatable bonds is 5. The summed E-state index contributed by atoms with van der Waals surface area (Å²) in [4.78, 5) is 16.7. The lowest BCUT2D eigenvalue weighted by Gasteiger charge is -2.11. The second-order valence-corrected chi connectivity index (χ2v) is 6.07. The van der Waals surface area contributed by atoms with Gasteiger partial charge in [-0.3, -0.25) is 9.78 Å². The van der Waals surface area contributed by atoms with Gasteiger partial charge in [0.25, 0.3) is 5.91 Å². The molecule has 1 N–H and O–H groups in total. The van der Waals surface area contributed by atoms with E-state index in [1.165, 1.54) is 18.4 Å². The smallest absolute Gasteiger partial charge is 0.268 e. The number of furan rings is 1. The number of benzene rings is 1. The maximum absolute atomic E-state index is 14.1. The summed E-state index contributed by atoms with van der Waals surface area (Å²) in [6.07, 6.45) is 4.82. The van der Waals surface area contributed by atoms with Gasteiger partial charge in [0.05, 0.1) is 18.3 Å². The van der Waals surface area contributed by atoms with Crippen LogP contribution < -0.4 is 5.32 Å². The number of carbonyl (C=O) groups is 1. The molecule has 0 aliphatic rings. The lowest BCUT2D eigenvalue weighted by atomic mass is 10.2. The summed E-state index contributed by atoms with van der Waals surface area (Å²) in [6.45, 7) is 0.384. The molecule has 0 bridgehead atoms. The average Bonchev–Trinajstić information content (AvgIpc) is 3.25. The zero-order valence-corrected chi connectivity index (χ0v) is 14.2. The minimum atomic E-state index is -0.665. The van der Waals surface area contributed by atoms with Crippen LogP contribution >= 0.6 is 0 Å². The van der Waals surface area contributed by atoms with E-state index in [4.69, 9.17) is 4.42 Å². The Balaban J connectivity index is 1.63. The fourth-order valence-corrected chi connectivity index (χ4v) is 2.93. The van der Waals surface area contributed by atoms with Gasteiger partial charge in [0.1, 0.15) is 17.3 Å². The van der Waals surface area contributed by atoms with E-state index in [1.54, 1.807) is 35.2 Å². The van der Waals surface area contributed by atoms with Crippen molar-refractivity contribution in [2.75, 3.05) is 0 Å². The van der Waals surface area contributed by atoms with Crippen molar-refractivity contribution in [3.8, 4) is 0 Å². The Morgan fingerprint density at radius 1 is 1.19 bits per heavy atom. The van der Waals surface area contributed by atoms with E-state index in [2.05, 4.69) is 10.3 Å². The Labute approximate surface area is 153 Å². The molecule has 0 aliphatic carbocycles. The van der Waals surface area contributed by atoms with Gasteiger partial charge in [-0.2, -0.15) is 0 Å². The number of hydrogen-bond donors (Lipinski definition) is 1. The molecule has 5 nitrogen and oxygen atoms in total. The predicted molar refractivity (Wildman–Crippen MR) is 95.1 cm³/mol. The second-order valence-electron chi connectivity index (χ2n) is 6.07. The molecule has 4 aromatic rings. The van der Waals surface area contributed by atoms with Gasteiger partial charge in [0.15, 0.2) is 5.58 Å². The average molecular weight is 367 g/mol. The van der Waals surface area contributed by atoms with Crippen LogP contribution in [0.4, 0.5) is 8.78 Å². The van der Waals surface area contributed by atoms with Gasteiger partial charge in [-0.15, -0.1) is 0 Å². The summed E-state index contributed by atoms with van der Waals surface area (Å²) in [7, 11) is 0. The SMILES string of the molecule is O=C(NCc1cccnc1)c1cc2occc2n1Cc1ccc(F)cc1F. The van der Waals surface area contributed by atoms with Crippen LogP contribution in [0.25, 0.3) is 11.1 Å². The highest BCUT2D eigenvalue weighted by atomic mass is 19.1. The summed E-state index contributed by atoms with van der Waals surface area (Å²) < 4.78 is 34.3. The number of aromatic nitrogens is 2. The molecule has 1 aromatic carbocycles. The fraction of sp³-hybridized carbons (Fsp3) is 0.100. The third kappa shape index (κ3) is 3.44. The predicted octanol–water partition coefficient (Wildman–Crippen LogP) is 3.89. The first kappa shape index (κ1) is 17.0. The number of carbonyl (C=O) groups excluding carboxylic acids is 1. The second kappa shape index (κ2) is 7.03. The normalized spacial score (nSPS) is 11.0. The zero-order chi connectivity index (χ0) is 18.8. The number of halogens is 2. The van der Waals surface area contributed by atoms with E-state index in [1.807, 2.05) is 6.07 Å². The lowest BCUT2D eigenvalue weighted by Crippen LogP contribution is -2.25. The molecule has 27 heavy (non-hydrogen) atoms. The van der Waals surface area contributed by atoms with Gasteiger partial charge in [0.2, 0.25) is 0 Å². The number of fused-ring (bicyclic) bond motifs is 1. The maximum atomic E-state index is 14.1. The molecule has 0 aliphatic heterocycles. The summed E-state index contributed by atoms with van der Waals surface area (Å²) in [5.74, 6) is -1.64. The quantitative estimate of drug-likeness (QED) is 0.582. The molecule has 1 amide bonds. The van der Waals surface area contributed by atoms with Crippen LogP contribution in [-0.2, 0) is 13.1 Å². The largest absolute Gasteiger partial charge is 0.463 e. The van der Waals surface area contributed by atoms with Crippen LogP contribution in [0, 0.1) is 11.6 Å². The Hall–Kier alpha value is -3.48. The molecule has 0 atom stereocenters. The molecular weight excluding hydrogens is 352 g/mol. The Bertz CT molecular complexity index is 1100. The van der Waals surface area contributed by atoms with Crippen molar-refractivity contribution in [2.45, 2.75) is 13.1 Å². The van der Waals surface area contributed by atoms with Crippen LogP contribution in [0.1, 0.15) is 21.6 Å². The number of nitrogens with one attached hydrogen (secondary N) is 1. The number of hydrogen-bond acceptors (Lipinski definition) is 3. The highest BCUT2D eigenvalue weighted by molar-refractivity contribution is 5.97. The number of nitrogens with zero attached hydrogens (tertiary/aromatic N) is 2. The summed E-state index contributed by atoms with van der Waals surface area (Å²) in [5, 5.41) is 2.82. The molecule has 136 valence electrons. The molecular formula is C20H15F2N3O2. The first-order valence-electron chi connectivity index (χ1n) is 8.29. The molecule has 0 unspecified atom stereocenters. The molecule has 0 saturated heterocycles. The molecule has 0 saturated carbocycles. The van der Waals surface area contributed by atoms with Crippen molar-refractivity contribution in [2.24, 2.45) is 0 Å². The van der Waals surface area contributed by atoms with Gasteiger partial charge in [0, 0.05) is 42.7 Å². The highest BCUT2D eigenvalue weighted by Gasteiger charge is 2.18. The summed E-state index contributed by atoms with van der Waals surface area (Å²) in [5.41, 5.74) is 2.64. The van der Waals surface area contributed by atoms with Crippen LogP contribution in [0.15, 0.2) is 65.5 Å². The molecule has 3 aromatic heterocycles. The van der Waals surface area contributed by atoms with Crippen LogP contribution in [0.5, 0.6) is 0 Å². The molecule has 7 heteroatoms. The van der Waals surface area contributed by atoms with E-state index < -0.39 is 11.6 Å². The summed E-state index contributed by atoms with van der Waals surface area (Å²) >= 11 is 0.